The summed E-state index contributed by atoms with van der Waals surface area (Å²) in [6.07, 6.45) is 4.56. The molecule has 4 heteroatoms. The Morgan fingerprint density at radius 3 is 2.52 bits per heavy atom. The van der Waals surface area contributed by atoms with E-state index in [9.17, 15) is 4.39 Å². The molecule has 1 aliphatic heterocycles. The highest BCUT2D eigenvalue weighted by molar-refractivity contribution is 9.10. The van der Waals surface area contributed by atoms with Gasteiger partial charge in [0, 0.05) is 21.7 Å². The fourth-order valence-electron chi connectivity index (χ4n) is 3.50. The Bertz CT molecular complexity index is 832. The number of hydrogen-bond acceptors (Lipinski definition) is 1. The first-order valence-corrected chi connectivity index (χ1v) is 8.79. The van der Waals surface area contributed by atoms with E-state index in [0.29, 0.717) is 5.92 Å². The van der Waals surface area contributed by atoms with Crippen LogP contribution in [-0.4, -0.2) is 17.7 Å². The van der Waals surface area contributed by atoms with Gasteiger partial charge in [0.15, 0.2) is 0 Å². The topological polar surface area (TPSA) is 17.0 Å². The van der Waals surface area contributed by atoms with E-state index in [1.807, 2.05) is 12.1 Å². The van der Waals surface area contributed by atoms with Gasteiger partial charge in [-0.3, -0.25) is 0 Å². The van der Waals surface area contributed by atoms with E-state index in [1.54, 1.807) is 0 Å². The molecule has 23 heavy (non-hydrogen) atoms. The summed E-state index contributed by atoms with van der Waals surface area (Å²) in [6.45, 7) is 2.14. The maximum Gasteiger partial charge on any atom is 0.123 e. The lowest BCUT2D eigenvalue weighted by Gasteiger charge is -2.22. The first-order valence-electron chi connectivity index (χ1n) is 7.99. The van der Waals surface area contributed by atoms with Crippen LogP contribution in [0, 0.1) is 5.82 Å². The Hall–Kier alpha value is -1.65. The van der Waals surface area contributed by atoms with Gasteiger partial charge in [0.05, 0.1) is 5.52 Å². The lowest BCUT2D eigenvalue weighted by molar-refractivity contribution is 0.462. The van der Waals surface area contributed by atoms with E-state index >= 15 is 0 Å². The van der Waals surface area contributed by atoms with Crippen molar-refractivity contribution in [3.05, 3.63) is 64.5 Å². The third-order valence-corrected chi connectivity index (χ3v) is 5.17. The van der Waals surface area contributed by atoms with E-state index in [-0.39, 0.29) is 5.82 Å². The van der Waals surface area contributed by atoms with E-state index in [4.69, 9.17) is 0 Å². The van der Waals surface area contributed by atoms with Gasteiger partial charge >= 0.3 is 0 Å². The monoisotopic (exact) mass is 372 g/mol. The molecule has 118 valence electrons. The number of benzene rings is 2. The third kappa shape index (κ3) is 2.81. The van der Waals surface area contributed by atoms with Gasteiger partial charge in [0.2, 0.25) is 0 Å². The fraction of sp³-hybridized carbons (Fsp3) is 0.263. The Morgan fingerprint density at radius 2 is 1.78 bits per heavy atom. The molecule has 0 amide bonds. The molecule has 1 aromatic heterocycles. The van der Waals surface area contributed by atoms with Crippen LogP contribution in [0.15, 0.2) is 53.1 Å². The van der Waals surface area contributed by atoms with Crippen molar-refractivity contribution in [2.24, 2.45) is 0 Å². The standard InChI is InChI=1S/C19H18BrFN2/c20-14-1-6-19-17(11-14)18(13-7-9-22-10-8-13)12-23(19)16-4-2-15(21)3-5-16/h1-6,11-13,22H,7-10H2. The van der Waals surface area contributed by atoms with Crippen molar-refractivity contribution in [3.63, 3.8) is 0 Å². The van der Waals surface area contributed by atoms with Crippen LogP contribution in [0.5, 0.6) is 0 Å². The summed E-state index contributed by atoms with van der Waals surface area (Å²) in [5.74, 6) is 0.376. The summed E-state index contributed by atoms with van der Waals surface area (Å²) in [5, 5.41) is 4.72. The number of aromatic nitrogens is 1. The summed E-state index contributed by atoms with van der Waals surface area (Å²) in [4.78, 5) is 0. The second kappa shape index (κ2) is 6.10. The van der Waals surface area contributed by atoms with Gasteiger partial charge in [-0.1, -0.05) is 15.9 Å². The third-order valence-electron chi connectivity index (χ3n) is 4.68. The molecule has 0 spiro atoms. The molecule has 0 saturated carbocycles. The SMILES string of the molecule is Fc1ccc(-n2cc(C3CCNCC3)c3cc(Br)ccc32)cc1. The van der Waals surface area contributed by atoms with Crippen LogP contribution in [0.25, 0.3) is 16.6 Å². The van der Waals surface area contributed by atoms with Crippen molar-refractivity contribution in [1.29, 1.82) is 0 Å². The predicted molar refractivity (Wildman–Crippen MR) is 95.8 cm³/mol. The first kappa shape index (κ1) is 14.9. The predicted octanol–water partition coefficient (Wildman–Crippen LogP) is 5.00. The van der Waals surface area contributed by atoms with E-state index in [1.165, 1.54) is 28.6 Å². The minimum atomic E-state index is -0.202. The zero-order valence-electron chi connectivity index (χ0n) is 12.7. The lowest BCUT2D eigenvalue weighted by Crippen LogP contribution is -2.26. The highest BCUT2D eigenvalue weighted by Crippen LogP contribution is 2.35. The van der Waals surface area contributed by atoms with Crippen molar-refractivity contribution in [1.82, 2.24) is 9.88 Å². The number of nitrogens with zero attached hydrogens (tertiary/aromatic N) is 1. The molecular weight excluding hydrogens is 355 g/mol. The van der Waals surface area contributed by atoms with Crippen LogP contribution < -0.4 is 5.32 Å². The summed E-state index contributed by atoms with van der Waals surface area (Å²) in [6, 6.07) is 13.1. The van der Waals surface area contributed by atoms with E-state index < -0.39 is 0 Å². The van der Waals surface area contributed by atoms with Crippen molar-refractivity contribution in [2.45, 2.75) is 18.8 Å². The molecule has 4 rings (SSSR count). The van der Waals surface area contributed by atoms with Crippen LogP contribution in [0.1, 0.15) is 24.3 Å². The Labute approximate surface area is 143 Å². The highest BCUT2D eigenvalue weighted by Gasteiger charge is 2.20. The van der Waals surface area contributed by atoms with Gasteiger partial charge in [0.25, 0.3) is 0 Å². The van der Waals surface area contributed by atoms with E-state index in [0.717, 1.165) is 36.1 Å². The van der Waals surface area contributed by atoms with E-state index in [2.05, 4.69) is 50.2 Å². The number of nitrogens with one attached hydrogen (secondary N) is 1. The maximum absolute atomic E-state index is 13.2. The van der Waals surface area contributed by atoms with Gasteiger partial charge in [-0.05, 0) is 79.9 Å². The molecular formula is C19H18BrFN2. The summed E-state index contributed by atoms with van der Waals surface area (Å²) in [5.41, 5.74) is 3.57. The second-order valence-electron chi connectivity index (χ2n) is 6.12. The van der Waals surface area contributed by atoms with Crippen LogP contribution in [0.2, 0.25) is 0 Å². The maximum atomic E-state index is 13.2. The first-order chi connectivity index (χ1) is 11.2. The van der Waals surface area contributed by atoms with Crippen LogP contribution in [-0.2, 0) is 0 Å². The number of fused-ring (bicyclic) bond motifs is 1. The quantitative estimate of drug-likeness (QED) is 0.669. The Morgan fingerprint density at radius 1 is 1.04 bits per heavy atom. The fourth-order valence-corrected chi connectivity index (χ4v) is 3.86. The van der Waals surface area contributed by atoms with Gasteiger partial charge in [-0.25, -0.2) is 4.39 Å². The van der Waals surface area contributed by atoms with Gasteiger partial charge in [-0.2, -0.15) is 0 Å². The average molecular weight is 373 g/mol. The molecule has 1 N–H and O–H groups in total. The minimum absolute atomic E-state index is 0.202. The normalized spacial score (nSPS) is 16.1. The molecule has 2 nitrogen and oxygen atoms in total. The van der Waals surface area contributed by atoms with Crippen molar-refractivity contribution in [2.75, 3.05) is 13.1 Å². The molecule has 0 atom stereocenters. The minimum Gasteiger partial charge on any atom is -0.317 e. The smallest absolute Gasteiger partial charge is 0.123 e. The molecule has 1 fully saturated rings. The zero-order valence-corrected chi connectivity index (χ0v) is 14.3. The zero-order chi connectivity index (χ0) is 15.8. The van der Waals surface area contributed by atoms with Crippen LogP contribution >= 0.6 is 15.9 Å². The van der Waals surface area contributed by atoms with Gasteiger partial charge < -0.3 is 9.88 Å². The van der Waals surface area contributed by atoms with Crippen molar-refractivity contribution >= 4 is 26.8 Å². The summed E-state index contributed by atoms with van der Waals surface area (Å²) >= 11 is 3.59. The molecule has 0 radical (unpaired) electrons. The van der Waals surface area contributed by atoms with Gasteiger partial charge in [-0.15, -0.1) is 0 Å². The molecule has 2 aromatic carbocycles. The largest absolute Gasteiger partial charge is 0.317 e. The Balaban J connectivity index is 1.89. The molecule has 0 unspecified atom stereocenters. The molecule has 1 aliphatic rings. The molecule has 2 heterocycles. The number of rotatable bonds is 2. The molecule has 3 aromatic rings. The van der Waals surface area contributed by atoms with Crippen LogP contribution in [0.3, 0.4) is 0 Å². The Kier molecular flexibility index (Phi) is 3.95. The second-order valence-corrected chi connectivity index (χ2v) is 7.03. The lowest BCUT2D eigenvalue weighted by atomic mass is 9.90. The van der Waals surface area contributed by atoms with Gasteiger partial charge in [0.1, 0.15) is 5.82 Å². The number of piperidine rings is 1. The van der Waals surface area contributed by atoms with Crippen molar-refractivity contribution in [3.8, 4) is 5.69 Å². The van der Waals surface area contributed by atoms with Crippen LogP contribution in [0.4, 0.5) is 4.39 Å². The number of hydrogen-bond donors (Lipinski definition) is 1. The number of halogens is 2. The molecule has 0 aliphatic carbocycles. The van der Waals surface area contributed by atoms with Crippen molar-refractivity contribution < 1.29 is 4.39 Å². The summed E-state index contributed by atoms with van der Waals surface area (Å²) in [7, 11) is 0. The molecule has 1 saturated heterocycles. The average Bonchev–Trinajstić information content (AvgIpc) is 2.95. The highest BCUT2D eigenvalue weighted by atomic mass is 79.9. The summed E-state index contributed by atoms with van der Waals surface area (Å²) < 4.78 is 16.5. The molecule has 0 bridgehead atoms.